The van der Waals surface area contributed by atoms with Crippen LogP contribution in [-0.2, 0) is 18.6 Å². The first-order valence-electron chi connectivity index (χ1n) is 5.78. The third-order valence-electron chi connectivity index (χ3n) is 2.89. The zero-order valence-electron chi connectivity index (χ0n) is 10.5. The smallest absolute Gasteiger partial charge is 0.311 e. The Morgan fingerprint density at radius 1 is 1.29 bits per heavy atom. The van der Waals surface area contributed by atoms with E-state index in [1.54, 1.807) is 0 Å². The molecular formula is C13H9Cl2F3N2O. The highest BCUT2D eigenvalue weighted by molar-refractivity contribution is 6.32. The Morgan fingerprint density at radius 3 is 2.62 bits per heavy atom. The molecule has 2 rings (SSSR count). The van der Waals surface area contributed by atoms with Gasteiger partial charge in [-0.1, -0.05) is 11.6 Å². The lowest BCUT2D eigenvalue weighted by Crippen LogP contribution is -2.28. The molecule has 0 amide bonds. The van der Waals surface area contributed by atoms with Gasteiger partial charge in [-0.05, 0) is 23.3 Å². The molecule has 0 spiro atoms. The Balaban J connectivity index is 2.47. The molecule has 0 fully saturated rings. The number of nitrogens with zero attached hydrogens (tertiary/aromatic N) is 2. The normalized spacial score (nSPS) is 11.7. The van der Waals surface area contributed by atoms with Gasteiger partial charge in [0.1, 0.15) is 5.56 Å². The molecule has 8 heteroatoms. The van der Waals surface area contributed by atoms with E-state index in [0.29, 0.717) is 16.1 Å². The molecule has 0 atom stereocenters. The van der Waals surface area contributed by atoms with Crippen molar-refractivity contribution in [1.82, 2.24) is 9.55 Å². The summed E-state index contributed by atoms with van der Waals surface area (Å²) in [6, 6.07) is 1.92. The van der Waals surface area contributed by atoms with Crippen molar-refractivity contribution >= 4 is 23.2 Å². The highest BCUT2D eigenvalue weighted by Crippen LogP contribution is 2.26. The molecule has 21 heavy (non-hydrogen) atoms. The fourth-order valence-electron chi connectivity index (χ4n) is 1.85. The maximum Gasteiger partial charge on any atom is 0.421 e. The van der Waals surface area contributed by atoms with E-state index in [2.05, 4.69) is 4.98 Å². The van der Waals surface area contributed by atoms with Gasteiger partial charge in [0.05, 0.1) is 11.6 Å². The maximum atomic E-state index is 12.7. The summed E-state index contributed by atoms with van der Waals surface area (Å²) >= 11 is 11.7. The van der Waals surface area contributed by atoms with E-state index in [9.17, 15) is 18.0 Å². The van der Waals surface area contributed by atoms with Crippen molar-refractivity contribution in [3.63, 3.8) is 0 Å². The minimum atomic E-state index is -4.69. The van der Waals surface area contributed by atoms with Crippen LogP contribution in [0.5, 0.6) is 0 Å². The second-order valence-corrected chi connectivity index (χ2v) is 4.92. The average Bonchev–Trinajstić information content (AvgIpc) is 2.40. The molecule has 3 nitrogen and oxygen atoms in total. The second-order valence-electron chi connectivity index (χ2n) is 4.25. The van der Waals surface area contributed by atoms with Gasteiger partial charge in [-0.2, -0.15) is 13.2 Å². The van der Waals surface area contributed by atoms with E-state index in [0.717, 1.165) is 10.6 Å². The fourth-order valence-corrected chi connectivity index (χ4v) is 2.48. The highest BCUT2D eigenvalue weighted by atomic mass is 35.5. The molecule has 2 aromatic heterocycles. The Morgan fingerprint density at radius 2 is 2.00 bits per heavy atom. The molecule has 0 bridgehead atoms. The van der Waals surface area contributed by atoms with Crippen LogP contribution in [0.2, 0.25) is 5.02 Å². The Labute approximate surface area is 127 Å². The largest absolute Gasteiger partial charge is 0.421 e. The molecule has 2 heterocycles. The van der Waals surface area contributed by atoms with Gasteiger partial charge in [0.15, 0.2) is 0 Å². The zero-order valence-corrected chi connectivity index (χ0v) is 12.0. The van der Waals surface area contributed by atoms with Crippen LogP contribution in [-0.4, -0.2) is 9.55 Å². The van der Waals surface area contributed by atoms with Crippen LogP contribution in [0.1, 0.15) is 16.7 Å². The summed E-state index contributed by atoms with van der Waals surface area (Å²) in [5.74, 6) is 0.0738. The molecular weight excluding hydrogens is 328 g/mol. The van der Waals surface area contributed by atoms with Crippen LogP contribution in [0, 0.1) is 0 Å². The Kier molecular flexibility index (Phi) is 4.58. The second kappa shape index (κ2) is 6.07. The van der Waals surface area contributed by atoms with Gasteiger partial charge in [-0.3, -0.25) is 9.78 Å². The first-order valence-corrected chi connectivity index (χ1v) is 6.69. The van der Waals surface area contributed by atoms with Gasteiger partial charge in [0, 0.05) is 24.5 Å². The molecule has 0 radical (unpaired) electrons. The number of pyridine rings is 2. The van der Waals surface area contributed by atoms with Gasteiger partial charge in [0.2, 0.25) is 0 Å². The number of rotatable bonds is 3. The quantitative estimate of drug-likeness (QED) is 0.801. The van der Waals surface area contributed by atoms with Crippen molar-refractivity contribution in [2.24, 2.45) is 0 Å². The van der Waals surface area contributed by atoms with E-state index in [-0.39, 0.29) is 12.4 Å². The lowest BCUT2D eigenvalue weighted by Gasteiger charge is -2.12. The van der Waals surface area contributed by atoms with Crippen molar-refractivity contribution < 1.29 is 13.2 Å². The van der Waals surface area contributed by atoms with Crippen molar-refractivity contribution in [2.75, 3.05) is 0 Å². The maximum absolute atomic E-state index is 12.7. The number of alkyl halides is 4. The molecule has 2 aromatic rings. The van der Waals surface area contributed by atoms with E-state index < -0.39 is 17.3 Å². The molecule has 0 aromatic carbocycles. The summed E-state index contributed by atoms with van der Waals surface area (Å²) < 4.78 is 39.1. The summed E-state index contributed by atoms with van der Waals surface area (Å²) in [5, 5.41) is 0.308. The molecule has 0 aliphatic heterocycles. The summed E-state index contributed by atoms with van der Waals surface area (Å²) in [6.07, 6.45) is -0.605. The molecule has 0 saturated carbocycles. The van der Waals surface area contributed by atoms with Gasteiger partial charge < -0.3 is 4.57 Å². The number of aromatic nitrogens is 2. The minimum absolute atomic E-state index is 0.0738. The molecule has 0 N–H and O–H groups in total. The topological polar surface area (TPSA) is 34.9 Å². The Bertz CT molecular complexity index is 713. The van der Waals surface area contributed by atoms with Gasteiger partial charge in [-0.15, -0.1) is 11.6 Å². The molecule has 112 valence electrons. The fraction of sp³-hybridized carbons (Fsp3) is 0.231. The third-order valence-corrected chi connectivity index (χ3v) is 3.49. The molecule has 0 saturated heterocycles. The average molecular weight is 337 g/mol. The Hall–Kier alpha value is -1.53. The van der Waals surface area contributed by atoms with Crippen LogP contribution in [0.25, 0.3) is 0 Å². The zero-order chi connectivity index (χ0) is 15.6. The van der Waals surface area contributed by atoms with E-state index >= 15 is 0 Å². The number of hydrogen-bond donors (Lipinski definition) is 0. The van der Waals surface area contributed by atoms with Crippen LogP contribution < -0.4 is 5.56 Å². The number of hydrogen-bond acceptors (Lipinski definition) is 2. The van der Waals surface area contributed by atoms with Crippen molar-refractivity contribution in [1.29, 1.82) is 0 Å². The summed E-state index contributed by atoms with van der Waals surface area (Å²) in [4.78, 5) is 15.7. The van der Waals surface area contributed by atoms with E-state index in [4.69, 9.17) is 23.2 Å². The predicted molar refractivity (Wildman–Crippen MR) is 73.6 cm³/mol. The standard InChI is InChI=1S/C13H9Cl2F3N2O/c14-4-9-8(5-19-6-11(9)15)7-20-3-1-2-10(12(20)21)13(16,17)18/h1-3,5-6H,4,7H2. The minimum Gasteiger partial charge on any atom is -0.311 e. The first kappa shape index (κ1) is 15.9. The van der Waals surface area contributed by atoms with E-state index in [1.807, 2.05) is 0 Å². The lowest BCUT2D eigenvalue weighted by atomic mass is 10.1. The molecule has 0 aliphatic rings. The van der Waals surface area contributed by atoms with Crippen LogP contribution in [0.15, 0.2) is 35.5 Å². The SMILES string of the molecule is O=c1c(C(F)(F)F)cccn1Cc1cncc(Cl)c1CCl. The van der Waals surface area contributed by atoms with Gasteiger partial charge in [-0.25, -0.2) is 0 Å². The molecule has 0 unspecified atom stereocenters. The lowest BCUT2D eigenvalue weighted by molar-refractivity contribution is -0.138. The van der Waals surface area contributed by atoms with Crippen molar-refractivity contribution in [2.45, 2.75) is 18.6 Å². The number of halogens is 5. The summed E-state index contributed by atoms with van der Waals surface area (Å²) in [7, 11) is 0. The monoisotopic (exact) mass is 336 g/mol. The third kappa shape index (κ3) is 3.39. The highest BCUT2D eigenvalue weighted by Gasteiger charge is 2.34. The van der Waals surface area contributed by atoms with Crippen molar-refractivity contribution in [3.8, 4) is 0 Å². The predicted octanol–water partition coefficient (Wildman–Crippen LogP) is 3.70. The van der Waals surface area contributed by atoms with Crippen LogP contribution >= 0.6 is 23.2 Å². The van der Waals surface area contributed by atoms with Crippen molar-refractivity contribution in [3.05, 3.63) is 62.8 Å². The first-order chi connectivity index (χ1) is 9.84. The summed E-state index contributed by atoms with van der Waals surface area (Å²) in [6.45, 7) is -0.0850. The van der Waals surface area contributed by atoms with Gasteiger partial charge in [0.25, 0.3) is 5.56 Å². The van der Waals surface area contributed by atoms with Crippen LogP contribution in [0.3, 0.4) is 0 Å². The summed E-state index contributed by atoms with van der Waals surface area (Å²) in [5.41, 5.74) is -1.30. The molecule has 0 aliphatic carbocycles. The van der Waals surface area contributed by atoms with E-state index in [1.165, 1.54) is 24.7 Å². The van der Waals surface area contributed by atoms with Crippen LogP contribution in [0.4, 0.5) is 13.2 Å². The van der Waals surface area contributed by atoms with Gasteiger partial charge >= 0.3 is 6.18 Å².